The van der Waals surface area contributed by atoms with Gasteiger partial charge in [-0.25, -0.2) is 14.2 Å². The van der Waals surface area contributed by atoms with Crippen LogP contribution in [0.25, 0.3) is 0 Å². The Morgan fingerprint density at radius 1 is 1.46 bits per heavy atom. The van der Waals surface area contributed by atoms with Gasteiger partial charge in [-0.2, -0.15) is 0 Å². The second-order valence-corrected chi connectivity index (χ2v) is 5.93. The van der Waals surface area contributed by atoms with Gasteiger partial charge in [-0.3, -0.25) is 0 Å². The molecule has 0 spiro atoms. The molecule has 3 rings (SSSR count). The highest BCUT2D eigenvalue weighted by Crippen LogP contribution is 2.27. The van der Waals surface area contributed by atoms with Crippen molar-refractivity contribution in [2.75, 3.05) is 6.61 Å². The van der Waals surface area contributed by atoms with E-state index in [1.54, 1.807) is 30.7 Å². The van der Waals surface area contributed by atoms with E-state index in [9.17, 15) is 9.18 Å². The number of carbonyl (C=O) groups excluding carboxylic acids is 1. The minimum absolute atomic E-state index is 0.0132. The molecule has 0 radical (unpaired) electrons. The molecule has 128 valence electrons. The van der Waals surface area contributed by atoms with E-state index < -0.39 is 0 Å². The van der Waals surface area contributed by atoms with Crippen LogP contribution in [0.3, 0.4) is 0 Å². The maximum Gasteiger partial charge on any atom is 0.315 e. The Morgan fingerprint density at radius 2 is 2.29 bits per heavy atom. The second kappa shape index (κ2) is 7.44. The minimum Gasteiger partial charge on any atom is -0.372 e. The van der Waals surface area contributed by atoms with Crippen LogP contribution in [0, 0.1) is 5.82 Å². The molecule has 1 fully saturated rings. The lowest BCUT2D eigenvalue weighted by atomic mass is 10.0. The number of nitrogens with one attached hydrogen (secondary N) is 2. The maximum absolute atomic E-state index is 13.5. The SMILES string of the molecule is Cn1cncc1[C@@H]1C[C@@H](NC(=O)NCc2ccccc2F)CCO1. The normalized spacial score (nSPS) is 20.6. The van der Waals surface area contributed by atoms with E-state index in [-0.39, 0.29) is 30.5 Å². The van der Waals surface area contributed by atoms with E-state index in [1.165, 1.54) is 6.07 Å². The molecule has 0 saturated carbocycles. The molecule has 7 heteroatoms. The summed E-state index contributed by atoms with van der Waals surface area (Å²) in [5.74, 6) is -0.319. The summed E-state index contributed by atoms with van der Waals surface area (Å²) in [4.78, 5) is 16.2. The van der Waals surface area contributed by atoms with E-state index in [0.717, 1.165) is 12.1 Å². The van der Waals surface area contributed by atoms with E-state index in [0.29, 0.717) is 18.6 Å². The molecule has 1 aromatic heterocycles. The van der Waals surface area contributed by atoms with E-state index >= 15 is 0 Å². The van der Waals surface area contributed by atoms with Gasteiger partial charge in [-0.05, 0) is 18.9 Å². The average molecular weight is 332 g/mol. The zero-order valence-electron chi connectivity index (χ0n) is 13.5. The number of benzene rings is 1. The lowest BCUT2D eigenvalue weighted by Gasteiger charge is -2.30. The van der Waals surface area contributed by atoms with Gasteiger partial charge in [0.2, 0.25) is 0 Å². The van der Waals surface area contributed by atoms with Crippen molar-refractivity contribution >= 4 is 6.03 Å². The Balaban J connectivity index is 1.51. The van der Waals surface area contributed by atoms with Crippen LogP contribution < -0.4 is 10.6 Å². The van der Waals surface area contributed by atoms with Crippen LogP contribution in [0.4, 0.5) is 9.18 Å². The number of imidazole rings is 1. The standard InChI is InChI=1S/C17H21FN4O2/c1-22-11-19-10-15(22)16-8-13(6-7-24-16)21-17(23)20-9-12-4-2-3-5-14(12)18/h2-5,10-11,13,16H,6-9H2,1H3,(H2,20,21,23)/t13-,16-/m0/s1. The van der Waals surface area contributed by atoms with Crippen molar-refractivity contribution in [3.05, 3.63) is 53.9 Å². The van der Waals surface area contributed by atoms with Gasteiger partial charge in [0.15, 0.2) is 0 Å². The van der Waals surface area contributed by atoms with Gasteiger partial charge in [-0.15, -0.1) is 0 Å². The highest BCUT2D eigenvalue weighted by Gasteiger charge is 2.26. The van der Waals surface area contributed by atoms with Crippen LogP contribution in [0.15, 0.2) is 36.8 Å². The summed E-state index contributed by atoms with van der Waals surface area (Å²) in [6.07, 6.45) is 4.87. The number of carbonyl (C=O) groups is 1. The Bertz CT molecular complexity index is 703. The molecule has 0 aliphatic carbocycles. The Morgan fingerprint density at radius 3 is 3.04 bits per heavy atom. The lowest BCUT2D eigenvalue weighted by Crippen LogP contribution is -2.44. The number of hydrogen-bond acceptors (Lipinski definition) is 3. The Labute approximate surface area is 140 Å². The first-order chi connectivity index (χ1) is 11.6. The van der Waals surface area contributed by atoms with Crippen molar-refractivity contribution in [3.63, 3.8) is 0 Å². The lowest BCUT2D eigenvalue weighted by molar-refractivity contribution is -0.00178. The summed E-state index contributed by atoms with van der Waals surface area (Å²) in [5, 5.41) is 5.64. The number of ether oxygens (including phenoxy) is 1. The van der Waals surface area contributed by atoms with Crippen molar-refractivity contribution < 1.29 is 13.9 Å². The van der Waals surface area contributed by atoms with Gasteiger partial charge in [0.05, 0.1) is 18.2 Å². The van der Waals surface area contributed by atoms with E-state index in [2.05, 4.69) is 15.6 Å². The molecule has 1 aromatic carbocycles. The molecule has 2 heterocycles. The molecular weight excluding hydrogens is 311 g/mol. The molecular formula is C17H21FN4O2. The van der Waals surface area contributed by atoms with Crippen LogP contribution in [0.1, 0.15) is 30.2 Å². The monoisotopic (exact) mass is 332 g/mol. The molecule has 0 bridgehead atoms. The van der Waals surface area contributed by atoms with Crippen LogP contribution in [0.5, 0.6) is 0 Å². The van der Waals surface area contributed by atoms with Crippen LogP contribution in [0.2, 0.25) is 0 Å². The first-order valence-corrected chi connectivity index (χ1v) is 7.99. The van der Waals surface area contributed by atoms with Crippen molar-refractivity contribution in [3.8, 4) is 0 Å². The summed E-state index contributed by atoms with van der Waals surface area (Å²) in [5.41, 5.74) is 1.46. The number of aromatic nitrogens is 2. The van der Waals surface area contributed by atoms with Crippen LogP contribution in [-0.2, 0) is 18.3 Å². The highest BCUT2D eigenvalue weighted by molar-refractivity contribution is 5.74. The molecule has 1 aliphatic heterocycles. The number of hydrogen-bond donors (Lipinski definition) is 2. The Hall–Kier alpha value is -2.41. The average Bonchev–Trinajstić information content (AvgIpc) is 3.00. The van der Waals surface area contributed by atoms with Gasteiger partial charge in [-0.1, -0.05) is 18.2 Å². The zero-order valence-corrected chi connectivity index (χ0v) is 13.5. The molecule has 6 nitrogen and oxygen atoms in total. The van der Waals surface area contributed by atoms with Gasteiger partial charge in [0.25, 0.3) is 0 Å². The van der Waals surface area contributed by atoms with E-state index in [1.807, 2.05) is 11.6 Å². The number of nitrogens with zero attached hydrogens (tertiary/aromatic N) is 2. The topological polar surface area (TPSA) is 68.2 Å². The maximum atomic E-state index is 13.5. The van der Waals surface area contributed by atoms with E-state index in [4.69, 9.17) is 4.74 Å². The molecule has 24 heavy (non-hydrogen) atoms. The van der Waals surface area contributed by atoms with Crippen molar-refractivity contribution in [1.82, 2.24) is 20.2 Å². The fourth-order valence-corrected chi connectivity index (χ4v) is 2.87. The predicted octanol–water partition coefficient (Wildman–Crippen LogP) is 2.28. The highest BCUT2D eigenvalue weighted by atomic mass is 19.1. The van der Waals surface area contributed by atoms with Gasteiger partial charge in [0, 0.05) is 31.8 Å². The van der Waals surface area contributed by atoms with Crippen LogP contribution >= 0.6 is 0 Å². The molecule has 2 N–H and O–H groups in total. The van der Waals surface area contributed by atoms with Crippen molar-refractivity contribution in [2.45, 2.75) is 31.5 Å². The number of amides is 2. The largest absolute Gasteiger partial charge is 0.372 e. The first kappa shape index (κ1) is 16.4. The third-order valence-electron chi connectivity index (χ3n) is 4.20. The first-order valence-electron chi connectivity index (χ1n) is 7.99. The smallest absolute Gasteiger partial charge is 0.315 e. The minimum atomic E-state index is -0.319. The number of rotatable bonds is 4. The van der Waals surface area contributed by atoms with Crippen molar-refractivity contribution in [2.24, 2.45) is 7.05 Å². The molecule has 1 saturated heterocycles. The Kier molecular flexibility index (Phi) is 5.10. The second-order valence-electron chi connectivity index (χ2n) is 5.93. The van der Waals surface area contributed by atoms with Gasteiger partial charge in [0.1, 0.15) is 11.9 Å². The van der Waals surface area contributed by atoms with Crippen molar-refractivity contribution in [1.29, 1.82) is 0 Å². The molecule has 0 unspecified atom stereocenters. The molecule has 2 amide bonds. The molecule has 2 aromatic rings. The third-order valence-corrected chi connectivity index (χ3v) is 4.20. The molecule has 2 atom stereocenters. The van der Waals surface area contributed by atoms with Crippen LogP contribution in [-0.4, -0.2) is 28.2 Å². The summed E-state index contributed by atoms with van der Waals surface area (Å²) in [7, 11) is 1.92. The van der Waals surface area contributed by atoms with Gasteiger partial charge < -0.3 is 19.9 Å². The number of aryl methyl sites for hydroxylation is 1. The number of urea groups is 1. The molecule has 1 aliphatic rings. The summed E-state index contributed by atoms with van der Waals surface area (Å²) in [6.45, 7) is 0.737. The summed E-state index contributed by atoms with van der Waals surface area (Å²) in [6, 6.07) is 6.12. The zero-order chi connectivity index (χ0) is 16.9. The fraction of sp³-hybridized carbons (Fsp3) is 0.412. The summed E-state index contributed by atoms with van der Waals surface area (Å²) >= 11 is 0. The third kappa shape index (κ3) is 3.91. The quantitative estimate of drug-likeness (QED) is 0.902. The number of halogens is 1. The van der Waals surface area contributed by atoms with Gasteiger partial charge >= 0.3 is 6.03 Å². The summed E-state index contributed by atoms with van der Waals surface area (Å²) < 4.78 is 21.2. The fourth-order valence-electron chi connectivity index (χ4n) is 2.87. The predicted molar refractivity (Wildman–Crippen MR) is 86.7 cm³/mol.